The fourth-order valence-electron chi connectivity index (χ4n) is 6.95. The number of morpholine rings is 1. The molecule has 3 amide bonds. The van der Waals surface area contributed by atoms with Gasteiger partial charge in [-0.15, -0.1) is 0 Å². The van der Waals surface area contributed by atoms with E-state index in [9.17, 15) is 14.2 Å². The molecule has 1 fully saturated rings. The van der Waals surface area contributed by atoms with Crippen molar-refractivity contribution < 1.29 is 33.1 Å². The monoisotopic (exact) mass is 807 g/mol. The van der Waals surface area contributed by atoms with Crippen LogP contribution in [0.25, 0.3) is 10.8 Å². The highest BCUT2D eigenvalue weighted by molar-refractivity contribution is 7.61. The average Bonchev–Trinajstić information content (AvgIpc) is 3.18. The smallest absolute Gasteiger partial charge is 0.323 e. The third-order valence-electron chi connectivity index (χ3n) is 9.85. The zero-order valence-electron chi connectivity index (χ0n) is 34.4. The number of aromatic nitrogens is 1. The number of pyridine rings is 1. The van der Waals surface area contributed by atoms with Gasteiger partial charge < -0.3 is 39.5 Å². The summed E-state index contributed by atoms with van der Waals surface area (Å²) in [7, 11) is 0.692. The van der Waals surface area contributed by atoms with Crippen LogP contribution < -0.4 is 30.2 Å². The highest BCUT2D eigenvalue weighted by Crippen LogP contribution is 2.46. The number of amides is 3. The molecular formula is C45H54N5O7P. The molecule has 6 rings (SSSR count). The quantitative estimate of drug-likeness (QED) is 0.0940. The molecule has 0 atom stereocenters. The van der Waals surface area contributed by atoms with Crippen molar-refractivity contribution in [3.63, 3.8) is 0 Å². The summed E-state index contributed by atoms with van der Waals surface area (Å²) < 4.78 is 36.1. The number of hydrogen-bond donors (Lipinski definition) is 3. The Bertz CT molecular complexity index is 2310. The molecule has 0 spiro atoms. The van der Waals surface area contributed by atoms with E-state index in [4.69, 9.17) is 18.9 Å². The van der Waals surface area contributed by atoms with Crippen LogP contribution in [0.3, 0.4) is 0 Å². The number of hydrogen-bond acceptors (Lipinski definition) is 9. The summed E-state index contributed by atoms with van der Waals surface area (Å²) in [5, 5.41) is 10.6. The van der Waals surface area contributed by atoms with Gasteiger partial charge in [0.25, 0.3) is 5.91 Å². The Balaban J connectivity index is 1.17. The van der Waals surface area contributed by atoms with Gasteiger partial charge in [-0.25, -0.2) is 4.79 Å². The van der Waals surface area contributed by atoms with Crippen LogP contribution in [0.1, 0.15) is 53.5 Å². The van der Waals surface area contributed by atoms with Crippen molar-refractivity contribution in [2.45, 2.75) is 38.8 Å². The second kappa shape index (κ2) is 18.4. The number of carbonyl (C=O) groups is 2. The first-order chi connectivity index (χ1) is 27.7. The largest absolute Gasteiger partial charge is 0.497 e. The maximum atomic E-state index is 13.6. The lowest BCUT2D eigenvalue weighted by Crippen LogP contribution is -2.41. The molecule has 1 aliphatic heterocycles. The van der Waals surface area contributed by atoms with Crippen molar-refractivity contribution in [2.24, 2.45) is 0 Å². The molecule has 1 saturated heterocycles. The van der Waals surface area contributed by atoms with E-state index in [1.807, 2.05) is 66.7 Å². The van der Waals surface area contributed by atoms with Gasteiger partial charge in [-0.1, -0.05) is 51.1 Å². The van der Waals surface area contributed by atoms with Crippen molar-refractivity contribution in [1.82, 2.24) is 15.2 Å². The Morgan fingerprint density at radius 2 is 1.60 bits per heavy atom. The van der Waals surface area contributed by atoms with Gasteiger partial charge in [-0.2, -0.15) is 0 Å². The number of nitrogens with zero attached hydrogens (tertiary/aromatic N) is 2. The van der Waals surface area contributed by atoms with E-state index in [2.05, 4.69) is 46.6 Å². The van der Waals surface area contributed by atoms with Gasteiger partial charge in [-0.3, -0.25) is 14.7 Å². The average molecular weight is 808 g/mol. The molecule has 2 heterocycles. The van der Waals surface area contributed by atoms with E-state index in [0.717, 1.165) is 52.8 Å². The fraction of sp³-hybridized carbons (Fsp3) is 0.356. The maximum Gasteiger partial charge on any atom is 0.323 e. The molecule has 0 saturated carbocycles. The molecular weight excluding hydrogens is 753 g/mol. The Morgan fingerprint density at radius 3 is 2.31 bits per heavy atom. The molecule has 3 N–H and O–H groups in total. The number of carbonyl (C=O) groups excluding carboxylic acids is 2. The van der Waals surface area contributed by atoms with Crippen LogP contribution >= 0.6 is 7.14 Å². The first kappa shape index (κ1) is 42.2. The second-order valence-corrected chi connectivity index (χ2v) is 19.4. The molecule has 0 bridgehead atoms. The van der Waals surface area contributed by atoms with Crippen LogP contribution in [-0.2, 0) is 27.3 Å². The van der Waals surface area contributed by atoms with Gasteiger partial charge in [0.2, 0.25) is 0 Å². The number of benzene rings is 4. The van der Waals surface area contributed by atoms with Gasteiger partial charge in [-0.05, 0) is 72.3 Å². The molecule has 13 heteroatoms. The molecule has 306 valence electrons. The summed E-state index contributed by atoms with van der Waals surface area (Å²) in [4.78, 5) is 33.6. The lowest BCUT2D eigenvalue weighted by molar-refractivity contribution is 0.0383. The fourth-order valence-corrected chi connectivity index (χ4v) is 8.00. The number of methoxy groups -OCH3 is 2. The van der Waals surface area contributed by atoms with Crippen LogP contribution in [-0.4, -0.2) is 88.8 Å². The van der Waals surface area contributed by atoms with Crippen LogP contribution in [0.15, 0.2) is 85.1 Å². The first-order valence-electron chi connectivity index (χ1n) is 19.4. The second-order valence-electron chi connectivity index (χ2n) is 16.0. The molecule has 1 aromatic heterocycles. The Hall–Kier alpha value is -5.42. The molecule has 4 aromatic carbocycles. The topological polar surface area (TPSA) is 140 Å². The Kier molecular flexibility index (Phi) is 13.4. The third kappa shape index (κ3) is 11.2. The van der Waals surface area contributed by atoms with E-state index in [0.29, 0.717) is 72.3 Å². The molecule has 0 radical (unpaired) electrons. The summed E-state index contributed by atoms with van der Waals surface area (Å²) >= 11 is 0. The molecule has 5 aromatic rings. The third-order valence-corrected chi connectivity index (χ3v) is 11.0. The minimum absolute atomic E-state index is 0.162. The molecule has 1 aliphatic rings. The first-order valence-corrected chi connectivity index (χ1v) is 22.2. The number of urea groups is 1. The van der Waals surface area contributed by atoms with Gasteiger partial charge in [0, 0.05) is 78.6 Å². The molecule has 0 unspecified atom stereocenters. The van der Waals surface area contributed by atoms with Crippen molar-refractivity contribution >= 4 is 41.2 Å². The zero-order chi connectivity index (χ0) is 41.5. The van der Waals surface area contributed by atoms with E-state index in [1.165, 1.54) is 0 Å². The number of anilines is 2. The normalized spacial score (nSPS) is 13.5. The maximum absolute atomic E-state index is 13.6. The van der Waals surface area contributed by atoms with Crippen molar-refractivity contribution in [3.8, 4) is 23.0 Å². The van der Waals surface area contributed by atoms with E-state index >= 15 is 0 Å². The van der Waals surface area contributed by atoms with E-state index in [1.54, 1.807) is 45.9 Å². The van der Waals surface area contributed by atoms with Crippen molar-refractivity contribution in [1.29, 1.82) is 0 Å². The summed E-state index contributed by atoms with van der Waals surface area (Å²) in [6.45, 7) is 14.2. The molecule has 12 nitrogen and oxygen atoms in total. The Morgan fingerprint density at radius 1 is 0.862 bits per heavy atom. The predicted molar refractivity (Wildman–Crippen MR) is 231 cm³/mol. The summed E-state index contributed by atoms with van der Waals surface area (Å²) in [5.41, 5.74) is 4.79. The Labute approximate surface area is 341 Å². The van der Waals surface area contributed by atoms with Gasteiger partial charge in [0.1, 0.15) is 23.0 Å². The van der Waals surface area contributed by atoms with Crippen molar-refractivity contribution in [2.75, 3.05) is 77.6 Å². The van der Waals surface area contributed by atoms with Gasteiger partial charge in [0.15, 0.2) is 0 Å². The lowest BCUT2D eigenvalue weighted by atomic mass is 9.85. The minimum Gasteiger partial charge on any atom is -0.497 e. The number of nitrogens with one attached hydrogen (secondary N) is 3. The zero-order valence-corrected chi connectivity index (χ0v) is 35.3. The number of ether oxygens (including phenoxy) is 4. The lowest BCUT2D eigenvalue weighted by Gasteiger charge is -2.26. The summed E-state index contributed by atoms with van der Waals surface area (Å²) in [6.07, 6.45) is 2.49. The van der Waals surface area contributed by atoms with E-state index < -0.39 is 13.2 Å². The minimum atomic E-state index is -2.45. The summed E-state index contributed by atoms with van der Waals surface area (Å²) in [6, 6.07) is 24.0. The SMILES string of the molecule is COc1cc(Cc2cc(Oc3ccc(NC(=O)Nc4cc(C(C)(C)C)cc(CP(C)(C)=O)c4OC)c4ccccc34)ccn2)cc(C(=O)NCCN2CCOCC2)c1. The van der Waals surface area contributed by atoms with Gasteiger partial charge in [0.05, 0.1) is 46.0 Å². The number of fused-ring (bicyclic) bond motifs is 1. The van der Waals surface area contributed by atoms with Crippen LogP contribution in [0, 0.1) is 0 Å². The number of rotatable bonds is 14. The van der Waals surface area contributed by atoms with Gasteiger partial charge >= 0.3 is 6.03 Å². The van der Waals surface area contributed by atoms with Crippen LogP contribution in [0.4, 0.5) is 16.2 Å². The molecule has 0 aliphatic carbocycles. The highest BCUT2D eigenvalue weighted by Gasteiger charge is 2.23. The summed E-state index contributed by atoms with van der Waals surface area (Å²) in [5.74, 6) is 2.10. The highest BCUT2D eigenvalue weighted by atomic mass is 31.2. The van der Waals surface area contributed by atoms with Crippen LogP contribution in [0.5, 0.6) is 23.0 Å². The van der Waals surface area contributed by atoms with E-state index in [-0.39, 0.29) is 11.3 Å². The van der Waals surface area contributed by atoms with Crippen LogP contribution in [0.2, 0.25) is 0 Å². The standard InChI is InChI=1S/C45H54N5O7P/c1-45(2,3)33-25-32(29-58(6,7)53)42(55-5)40(27-33)49-44(52)48-39-12-13-41(38-11-9-8-10-37(38)39)57-35-14-15-46-34(28-35)23-30-22-31(26-36(24-30)54-4)43(51)47-16-17-50-18-20-56-21-19-50/h8-15,22,24-28H,16-21,23,29H2,1-7H3,(H,47,51)(H2,48,49,52). The molecule has 58 heavy (non-hydrogen) atoms. The van der Waals surface area contributed by atoms with Crippen molar-refractivity contribution in [3.05, 3.63) is 113 Å². The predicted octanol–water partition coefficient (Wildman–Crippen LogP) is 8.76.